The van der Waals surface area contributed by atoms with Crippen molar-refractivity contribution in [2.24, 2.45) is 0 Å². The van der Waals surface area contributed by atoms with Gasteiger partial charge in [-0.25, -0.2) is 4.89 Å². The predicted octanol–water partition coefficient (Wildman–Crippen LogP) is -1.07. The Morgan fingerprint density at radius 1 is 1.44 bits per heavy atom. The van der Waals surface area contributed by atoms with Gasteiger partial charge in [0.05, 0.1) is 0 Å². The van der Waals surface area contributed by atoms with Gasteiger partial charge < -0.3 is 14.4 Å². The van der Waals surface area contributed by atoms with Gasteiger partial charge in [-0.2, -0.15) is 4.58 Å². The summed E-state index contributed by atoms with van der Waals surface area (Å²) in [5.41, 5.74) is -0.830. The van der Waals surface area contributed by atoms with Crippen molar-refractivity contribution < 1.29 is 23.9 Å². The molecule has 0 aromatic rings. The summed E-state index contributed by atoms with van der Waals surface area (Å²) in [6.07, 6.45) is 0. The number of halogens is 1. The first-order valence-electron chi connectivity index (χ1n) is 2.07. The maximum absolute atomic E-state index is 8.11. The van der Waals surface area contributed by atoms with E-state index in [0.29, 0.717) is 0 Å². The lowest BCUT2D eigenvalue weighted by Crippen LogP contribution is -2.39. The van der Waals surface area contributed by atoms with Gasteiger partial charge >= 0.3 is 9.05 Å². The molecular weight excluding hydrogens is 168 g/mol. The zero-order valence-corrected chi connectivity index (χ0v) is 6.37. The van der Waals surface area contributed by atoms with Crippen LogP contribution in [0.5, 0.6) is 0 Å². The van der Waals surface area contributed by atoms with Gasteiger partial charge in [-0.05, 0) is 6.92 Å². The SMILES string of the molecule is CC(Cl)OO[Si](O)(O)O. The molecule has 56 valence electrons. The molecule has 0 radical (unpaired) electrons. The standard InChI is InChI=1S/C2H7ClO5Si/c1-2(3)7-8-9(4,5)6/h2,4-6H,1H3. The first-order valence-corrected chi connectivity index (χ1v) is 4.26. The predicted molar refractivity (Wildman–Crippen MR) is 29.9 cm³/mol. The minimum absolute atomic E-state index is 0.830. The molecule has 0 aromatic heterocycles. The molecule has 9 heavy (non-hydrogen) atoms. The van der Waals surface area contributed by atoms with E-state index in [9.17, 15) is 0 Å². The molecular formula is C2H7ClO5Si. The van der Waals surface area contributed by atoms with Crippen molar-refractivity contribution >= 4 is 20.6 Å². The van der Waals surface area contributed by atoms with Crippen molar-refractivity contribution in [3.8, 4) is 0 Å². The summed E-state index contributed by atoms with van der Waals surface area (Å²) in [6, 6.07) is 0. The Labute approximate surface area is 57.8 Å². The summed E-state index contributed by atoms with van der Waals surface area (Å²) in [7, 11) is -4.53. The van der Waals surface area contributed by atoms with Gasteiger partial charge in [-0.3, -0.25) is 0 Å². The highest BCUT2D eigenvalue weighted by atomic mass is 35.5. The van der Waals surface area contributed by atoms with Gasteiger partial charge in [0.1, 0.15) is 0 Å². The Morgan fingerprint density at radius 3 is 2.00 bits per heavy atom. The molecule has 0 saturated heterocycles. The lowest BCUT2D eigenvalue weighted by atomic mass is 10.9. The van der Waals surface area contributed by atoms with E-state index < -0.39 is 14.6 Å². The van der Waals surface area contributed by atoms with Gasteiger partial charge in [-0.1, -0.05) is 11.6 Å². The minimum Gasteiger partial charge on any atom is -0.366 e. The van der Waals surface area contributed by atoms with Gasteiger partial charge in [0.15, 0.2) is 5.56 Å². The molecule has 0 aliphatic rings. The zero-order chi connectivity index (χ0) is 7.49. The molecule has 0 bridgehead atoms. The number of hydrogen-bond donors (Lipinski definition) is 3. The maximum Gasteiger partial charge on any atom is 0.699 e. The van der Waals surface area contributed by atoms with Crippen LogP contribution in [-0.4, -0.2) is 29.0 Å². The molecule has 0 aromatic carbocycles. The normalized spacial score (nSPS) is 15.7. The van der Waals surface area contributed by atoms with Crippen LogP contribution in [0.2, 0.25) is 0 Å². The molecule has 7 heteroatoms. The van der Waals surface area contributed by atoms with Gasteiger partial charge in [0.2, 0.25) is 0 Å². The highest BCUT2D eigenvalue weighted by Gasteiger charge is 2.33. The van der Waals surface area contributed by atoms with E-state index in [1.807, 2.05) is 0 Å². The topological polar surface area (TPSA) is 79.2 Å². The van der Waals surface area contributed by atoms with Crippen LogP contribution in [0.25, 0.3) is 0 Å². The minimum atomic E-state index is -4.53. The van der Waals surface area contributed by atoms with Crippen LogP contribution in [-0.2, 0) is 9.46 Å². The molecule has 0 saturated carbocycles. The zero-order valence-electron chi connectivity index (χ0n) is 4.61. The first-order chi connectivity index (χ1) is 3.92. The fraction of sp³-hybridized carbons (Fsp3) is 1.00. The van der Waals surface area contributed by atoms with E-state index in [1.165, 1.54) is 6.92 Å². The molecule has 0 rings (SSSR count). The second-order valence-electron chi connectivity index (χ2n) is 1.30. The quantitative estimate of drug-likeness (QED) is 0.220. The average Bonchev–Trinajstić information content (AvgIpc) is 1.59. The van der Waals surface area contributed by atoms with Gasteiger partial charge in [-0.15, -0.1) is 0 Å². The van der Waals surface area contributed by atoms with Crippen molar-refractivity contribution in [2.45, 2.75) is 12.5 Å². The molecule has 0 aliphatic heterocycles. The van der Waals surface area contributed by atoms with E-state index in [0.717, 1.165) is 0 Å². The summed E-state index contributed by atoms with van der Waals surface area (Å²) < 4.78 is 3.66. The third-order valence-corrected chi connectivity index (χ3v) is 0.685. The fourth-order valence-corrected chi connectivity index (χ4v) is 0.502. The lowest BCUT2D eigenvalue weighted by Gasteiger charge is -2.09. The van der Waals surface area contributed by atoms with Crippen molar-refractivity contribution in [1.29, 1.82) is 0 Å². The van der Waals surface area contributed by atoms with E-state index in [4.69, 9.17) is 26.0 Å². The Bertz CT molecular complexity index is 79.5. The van der Waals surface area contributed by atoms with Crippen LogP contribution in [0.1, 0.15) is 6.92 Å². The molecule has 0 spiro atoms. The second kappa shape index (κ2) is 3.47. The van der Waals surface area contributed by atoms with Crippen LogP contribution in [0.4, 0.5) is 0 Å². The molecule has 0 amide bonds. The Morgan fingerprint density at radius 2 is 1.89 bits per heavy atom. The summed E-state index contributed by atoms with van der Waals surface area (Å²) in [5, 5.41) is 0. The number of alkyl halides is 1. The van der Waals surface area contributed by atoms with Crippen LogP contribution in [0, 0.1) is 0 Å². The van der Waals surface area contributed by atoms with E-state index >= 15 is 0 Å². The van der Waals surface area contributed by atoms with Crippen molar-refractivity contribution in [1.82, 2.24) is 0 Å². The van der Waals surface area contributed by atoms with Crippen molar-refractivity contribution in [3.63, 3.8) is 0 Å². The van der Waals surface area contributed by atoms with E-state index in [2.05, 4.69) is 9.46 Å². The molecule has 1 unspecified atom stereocenters. The smallest absolute Gasteiger partial charge is 0.366 e. The summed E-state index contributed by atoms with van der Waals surface area (Å²) in [4.78, 5) is 28.3. The van der Waals surface area contributed by atoms with Crippen LogP contribution in [0.15, 0.2) is 0 Å². The lowest BCUT2D eigenvalue weighted by molar-refractivity contribution is -0.270. The molecule has 3 N–H and O–H groups in total. The first kappa shape index (κ1) is 9.31. The highest BCUT2D eigenvalue weighted by Crippen LogP contribution is 1.99. The van der Waals surface area contributed by atoms with Crippen molar-refractivity contribution in [2.75, 3.05) is 0 Å². The molecule has 0 heterocycles. The maximum atomic E-state index is 8.11. The summed E-state index contributed by atoms with van der Waals surface area (Å²) in [5.74, 6) is 0. The van der Waals surface area contributed by atoms with Crippen LogP contribution in [0.3, 0.4) is 0 Å². The Balaban J connectivity index is 3.28. The van der Waals surface area contributed by atoms with E-state index in [-0.39, 0.29) is 0 Å². The van der Waals surface area contributed by atoms with Crippen LogP contribution >= 0.6 is 11.6 Å². The Hall–Kier alpha value is 0.307. The average molecular weight is 175 g/mol. The third-order valence-electron chi connectivity index (χ3n) is 0.293. The summed E-state index contributed by atoms with van der Waals surface area (Å²) >= 11 is 5.13. The largest absolute Gasteiger partial charge is 0.699 e. The molecule has 5 nitrogen and oxygen atoms in total. The monoisotopic (exact) mass is 174 g/mol. The molecule has 0 aliphatic carbocycles. The number of rotatable bonds is 3. The Kier molecular flexibility index (Phi) is 3.59. The summed E-state index contributed by atoms with van der Waals surface area (Å²) in [6.45, 7) is 1.39. The van der Waals surface area contributed by atoms with Gasteiger partial charge in [0, 0.05) is 0 Å². The second-order valence-corrected chi connectivity index (χ2v) is 3.23. The highest BCUT2D eigenvalue weighted by molar-refractivity contribution is 6.48. The van der Waals surface area contributed by atoms with E-state index in [1.54, 1.807) is 0 Å². The number of hydrogen-bond acceptors (Lipinski definition) is 5. The fourth-order valence-electron chi connectivity index (χ4n) is 0.131. The molecule has 0 fully saturated rings. The van der Waals surface area contributed by atoms with Crippen molar-refractivity contribution in [3.05, 3.63) is 0 Å². The van der Waals surface area contributed by atoms with Gasteiger partial charge in [0.25, 0.3) is 0 Å². The third kappa shape index (κ3) is 8.31. The molecule has 1 atom stereocenters. The van der Waals surface area contributed by atoms with Crippen LogP contribution < -0.4 is 0 Å².